The van der Waals surface area contributed by atoms with Crippen molar-refractivity contribution in [3.63, 3.8) is 0 Å². The summed E-state index contributed by atoms with van der Waals surface area (Å²) in [5.41, 5.74) is 0.123. The zero-order chi connectivity index (χ0) is 10.0. The minimum atomic E-state index is 0.123. The predicted octanol–water partition coefficient (Wildman–Crippen LogP) is 1.28. The highest BCUT2D eigenvalue weighted by Crippen LogP contribution is 2.32. The average Bonchev–Trinajstić information content (AvgIpc) is 2.75. The molecule has 0 amide bonds. The summed E-state index contributed by atoms with van der Waals surface area (Å²) in [6.07, 6.45) is 3.07. The number of hydrogen-bond acceptors (Lipinski definition) is 4. The van der Waals surface area contributed by atoms with Gasteiger partial charge in [-0.25, -0.2) is 4.98 Å². The van der Waals surface area contributed by atoms with Crippen molar-refractivity contribution < 1.29 is 0 Å². The molecule has 1 unspecified atom stereocenters. The summed E-state index contributed by atoms with van der Waals surface area (Å²) in [5, 5.41) is 6.90. The summed E-state index contributed by atoms with van der Waals surface area (Å²) in [4.78, 5) is 6.82. The zero-order valence-corrected chi connectivity index (χ0v) is 9.60. The minimum Gasteiger partial charge on any atom is -0.305 e. The van der Waals surface area contributed by atoms with Gasteiger partial charge in [-0.1, -0.05) is 6.92 Å². The van der Waals surface area contributed by atoms with Crippen molar-refractivity contribution >= 4 is 11.3 Å². The summed E-state index contributed by atoms with van der Waals surface area (Å²) in [5.74, 6) is 0. The Hall–Kier alpha value is -0.450. The Kier molecular flexibility index (Phi) is 2.85. The summed E-state index contributed by atoms with van der Waals surface area (Å²) < 4.78 is 0. The maximum Gasteiger partial charge on any atom is 0.114 e. The first-order chi connectivity index (χ1) is 6.77. The van der Waals surface area contributed by atoms with Crippen LogP contribution in [0, 0.1) is 0 Å². The molecule has 1 atom stereocenters. The molecule has 1 fully saturated rings. The second kappa shape index (κ2) is 3.96. The monoisotopic (exact) mass is 211 g/mol. The van der Waals surface area contributed by atoms with Gasteiger partial charge in [0.05, 0.1) is 5.54 Å². The van der Waals surface area contributed by atoms with Crippen LogP contribution in [0.3, 0.4) is 0 Å². The summed E-state index contributed by atoms with van der Waals surface area (Å²) in [7, 11) is 2.17. The lowest BCUT2D eigenvalue weighted by Gasteiger charge is -2.27. The fourth-order valence-corrected chi connectivity index (χ4v) is 3.03. The number of hydrogen-bond donors (Lipinski definition) is 1. The van der Waals surface area contributed by atoms with E-state index in [0.717, 1.165) is 19.6 Å². The molecule has 3 nitrogen and oxygen atoms in total. The van der Waals surface area contributed by atoms with Crippen LogP contribution in [0.1, 0.15) is 18.4 Å². The molecule has 1 aliphatic heterocycles. The highest BCUT2D eigenvalue weighted by Gasteiger charge is 2.39. The average molecular weight is 211 g/mol. The van der Waals surface area contributed by atoms with E-state index < -0.39 is 0 Å². The number of aromatic nitrogens is 1. The molecule has 1 aliphatic rings. The maximum atomic E-state index is 4.45. The molecule has 78 valence electrons. The van der Waals surface area contributed by atoms with Gasteiger partial charge in [0.2, 0.25) is 0 Å². The van der Waals surface area contributed by atoms with E-state index in [1.54, 1.807) is 11.3 Å². The Labute approximate surface area is 89.1 Å². The molecule has 1 saturated heterocycles. The van der Waals surface area contributed by atoms with Crippen molar-refractivity contribution in [3.05, 3.63) is 16.6 Å². The summed E-state index contributed by atoms with van der Waals surface area (Å²) in [6.45, 7) is 5.40. The summed E-state index contributed by atoms with van der Waals surface area (Å²) >= 11 is 1.76. The fraction of sp³-hybridized carbons (Fsp3) is 0.700. The second-order valence-electron chi connectivity index (χ2n) is 3.94. The van der Waals surface area contributed by atoms with Gasteiger partial charge in [0, 0.05) is 24.7 Å². The van der Waals surface area contributed by atoms with Crippen LogP contribution in [-0.2, 0) is 5.54 Å². The Morgan fingerprint density at radius 2 is 2.57 bits per heavy atom. The highest BCUT2D eigenvalue weighted by molar-refractivity contribution is 7.09. The lowest BCUT2D eigenvalue weighted by atomic mass is 10.00. The van der Waals surface area contributed by atoms with Crippen LogP contribution in [0.2, 0.25) is 0 Å². The van der Waals surface area contributed by atoms with E-state index in [1.807, 2.05) is 6.20 Å². The predicted molar refractivity (Wildman–Crippen MR) is 59.6 cm³/mol. The van der Waals surface area contributed by atoms with Crippen LogP contribution in [0.15, 0.2) is 11.6 Å². The van der Waals surface area contributed by atoms with Crippen LogP contribution < -0.4 is 5.32 Å². The van der Waals surface area contributed by atoms with Gasteiger partial charge < -0.3 is 10.2 Å². The third-order valence-electron chi connectivity index (χ3n) is 2.82. The van der Waals surface area contributed by atoms with Gasteiger partial charge in [-0.3, -0.25) is 0 Å². The lowest BCUT2D eigenvalue weighted by Crippen LogP contribution is -2.44. The molecule has 4 heteroatoms. The first-order valence-corrected chi connectivity index (χ1v) is 5.98. The maximum absolute atomic E-state index is 4.45. The van der Waals surface area contributed by atoms with Crippen LogP contribution >= 0.6 is 11.3 Å². The van der Waals surface area contributed by atoms with Gasteiger partial charge in [0.25, 0.3) is 0 Å². The number of likely N-dealkylation sites (tertiary alicyclic amines) is 1. The molecule has 2 rings (SSSR count). The number of thiazole rings is 1. The Morgan fingerprint density at radius 1 is 1.71 bits per heavy atom. The van der Waals surface area contributed by atoms with Gasteiger partial charge in [-0.2, -0.15) is 0 Å². The number of rotatable bonds is 3. The third kappa shape index (κ3) is 1.69. The molecule has 14 heavy (non-hydrogen) atoms. The van der Waals surface area contributed by atoms with Crippen LogP contribution in [0.25, 0.3) is 0 Å². The molecule has 1 aromatic heterocycles. The van der Waals surface area contributed by atoms with Crippen molar-refractivity contribution in [2.75, 3.05) is 26.7 Å². The van der Waals surface area contributed by atoms with Crippen LogP contribution in [-0.4, -0.2) is 36.6 Å². The Bertz CT molecular complexity index is 282. The highest BCUT2D eigenvalue weighted by atomic mass is 32.1. The van der Waals surface area contributed by atoms with Crippen molar-refractivity contribution in [2.45, 2.75) is 18.9 Å². The van der Waals surface area contributed by atoms with Crippen molar-refractivity contribution in [2.24, 2.45) is 0 Å². The van der Waals surface area contributed by atoms with Gasteiger partial charge in [0.15, 0.2) is 0 Å². The van der Waals surface area contributed by atoms with E-state index >= 15 is 0 Å². The fourth-order valence-electron chi connectivity index (χ4n) is 2.19. The number of nitrogens with zero attached hydrogens (tertiary/aromatic N) is 2. The molecule has 0 radical (unpaired) electrons. The van der Waals surface area contributed by atoms with Crippen LogP contribution in [0.5, 0.6) is 0 Å². The molecule has 0 aliphatic carbocycles. The standard InChI is InChI=1S/C10H17N3S/c1-3-12-10(4-6-13(2)8-10)9-11-5-7-14-9/h5,7,12H,3-4,6,8H2,1-2H3. The molecule has 0 spiro atoms. The number of nitrogens with one attached hydrogen (secondary N) is 1. The van der Waals surface area contributed by atoms with E-state index in [9.17, 15) is 0 Å². The topological polar surface area (TPSA) is 28.2 Å². The van der Waals surface area contributed by atoms with Crippen molar-refractivity contribution in [1.29, 1.82) is 0 Å². The normalized spacial score (nSPS) is 28.4. The number of likely N-dealkylation sites (N-methyl/N-ethyl adjacent to an activating group) is 2. The third-order valence-corrected chi connectivity index (χ3v) is 3.79. The van der Waals surface area contributed by atoms with Gasteiger partial charge in [0.1, 0.15) is 5.01 Å². The first kappa shape index (κ1) is 10.1. The smallest absolute Gasteiger partial charge is 0.114 e. The van der Waals surface area contributed by atoms with Gasteiger partial charge in [-0.05, 0) is 20.0 Å². The van der Waals surface area contributed by atoms with Crippen molar-refractivity contribution in [1.82, 2.24) is 15.2 Å². The SMILES string of the molecule is CCNC1(c2nccs2)CCN(C)C1. The zero-order valence-electron chi connectivity index (χ0n) is 8.79. The van der Waals surface area contributed by atoms with Crippen LogP contribution in [0.4, 0.5) is 0 Å². The van der Waals surface area contributed by atoms with Gasteiger partial charge in [-0.15, -0.1) is 11.3 Å². The van der Waals surface area contributed by atoms with E-state index in [-0.39, 0.29) is 5.54 Å². The Morgan fingerprint density at radius 3 is 3.07 bits per heavy atom. The Balaban J connectivity index is 2.23. The quantitative estimate of drug-likeness (QED) is 0.816. The molecular weight excluding hydrogens is 194 g/mol. The summed E-state index contributed by atoms with van der Waals surface area (Å²) in [6, 6.07) is 0. The largest absolute Gasteiger partial charge is 0.305 e. The van der Waals surface area contributed by atoms with Crippen molar-refractivity contribution in [3.8, 4) is 0 Å². The molecular formula is C10H17N3S. The van der Waals surface area contributed by atoms with Gasteiger partial charge >= 0.3 is 0 Å². The molecule has 0 aromatic carbocycles. The van der Waals surface area contributed by atoms with E-state index in [2.05, 4.69) is 34.6 Å². The molecule has 0 bridgehead atoms. The second-order valence-corrected chi connectivity index (χ2v) is 4.83. The van der Waals surface area contributed by atoms with E-state index in [0.29, 0.717) is 0 Å². The first-order valence-electron chi connectivity index (χ1n) is 5.10. The van der Waals surface area contributed by atoms with E-state index in [1.165, 1.54) is 11.4 Å². The molecule has 0 saturated carbocycles. The molecule has 1 N–H and O–H groups in total. The van der Waals surface area contributed by atoms with E-state index in [4.69, 9.17) is 0 Å². The molecule has 2 heterocycles. The lowest BCUT2D eigenvalue weighted by molar-refractivity contribution is 0.320. The minimum absolute atomic E-state index is 0.123. The molecule has 1 aromatic rings.